The first-order valence-corrected chi connectivity index (χ1v) is 6.69. The smallest absolute Gasteiger partial charge is 0.372 e. The van der Waals surface area contributed by atoms with Gasteiger partial charge < -0.3 is 14.8 Å². The van der Waals surface area contributed by atoms with E-state index in [-0.39, 0.29) is 5.76 Å². The van der Waals surface area contributed by atoms with Crippen LogP contribution in [0.4, 0.5) is 0 Å². The van der Waals surface area contributed by atoms with Crippen LogP contribution in [0, 0.1) is 18.8 Å². The zero-order valence-corrected chi connectivity index (χ0v) is 10.6. The molecule has 0 aromatic carbocycles. The van der Waals surface area contributed by atoms with Gasteiger partial charge in [0.15, 0.2) is 0 Å². The molecule has 18 heavy (non-hydrogen) atoms. The van der Waals surface area contributed by atoms with Crippen LogP contribution in [0.1, 0.15) is 47.6 Å². The molecule has 0 aliphatic heterocycles. The van der Waals surface area contributed by atoms with E-state index in [0.717, 1.165) is 17.6 Å². The Morgan fingerprint density at radius 1 is 1.50 bits per heavy atom. The molecule has 3 rings (SSSR count). The summed E-state index contributed by atoms with van der Waals surface area (Å²) in [5, 5.41) is 12.5. The van der Waals surface area contributed by atoms with Crippen LogP contribution in [0.25, 0.3) is 0 Å². The van der Waals surface area contributed by atoms with E-state index in [4.69, 9.17) is 9.52 Å². The molecule has 98 valence electrons. The van der Waals surface area contributed by atoms with E-state index < -0.39 is 5.97 Å². The highest BCUT2D eigenvalue weighted by atomic mass is 16.4. The van der Waals surface area contributed by atoms with Gasteiger partial charge in [0.05, 0.1) is 6.54 Å². The fraction of sp³-hybridized carbons (Fsp3) is 0.643. The van der Waals surface area contributed by atoms with Crippen molar-refractivity contribution in [1.82, 2.24) is 5.32 Å². The van der Waals surface area contributed by atoms with Crippen LogP contribution in [0.2, 0.25) is 0 Å². The molecule has 2 bridgehead atoms. The van der Waals surface area contributed by atoms with Gasteiger partial charge in [0, 0.05) is 11.6 Å². The number of carbonyl (C=O) groups is 1. The third-order valence-electron chi connectivity index (χ3n) is 4.44. The summed E-state index contributed by atoms with van der Waals surface area (Å²) in [4.78, 5) is 10.9. The molecule has 0 radical (unpaired) electrons. The van der Waals surface area contributed by atoms with Gasteiger partial charge in [-0.05, 0) is 44.1 Å². The number of aryl methyl sites for hydroxylation is 1. The van der Waals surface area contributed by atoms with Gasteiger partial charge in [-0.1, -0.05) is 6.42 Å². The highest BCUT2D eigenvalue weighted by molar-refractivity contribution is 5.86. The number of hydrogen-bond acceptors (Lipinski definition) is 3. The molecule has 0 saturated heterocycles. The Morgan fingerprint density at radius 3 is 2.89 bits per heavy atom. The van der Waals surface area contributed by atoms with Crippen LogP contribution < -0.4 is 5.32 Å². The molecule has 0 spiro atoms. The third-order valence-corrected chi connectivity index (χ3v) is 4.44. The van der Waals surface area contributed by atoms with Crippen LogP contribution in [0.3, 0.4) is 0 Å². The van der Waals surface area contributed by atoms with E-state index in [0.29, 0.717) is 18.2 Å². The third kappa shape index (κ3) is 2.05. The summed E-state index contributed by atoms with van der Waals surface area (Å²) >= 11 is 0. The maximum atomic E-state index is 10.9. The fourth-order valence-electron chi connectivity index (χ4n) is 3.57. The van der Waals surface area contributed by atoms with E-state index >= 15 is 0 Å². The van der Waals surface area contributed by atoms with E-state index in [2.05, 4.69) is 5.32 Å². The number of nitrogens with one attached hydrogen (secondary N) is 1. The van der Waals surface area contributed by atoms with E-state index in [1.807, 2.05) is 6.07 Å². The second-order valence-corrected chi connectivity index (χ2v) is 5.69. The van der Waals surface area contributed by atoms with Crippen LogP contribution in [0.15, 0.2) is 10.5 Å². The van der Waals surface area contributed by atoms with Crippen molar-refractivity contribution in [2.24, 2.45) is 11.8 Å². The Morgan fingerprint density at radius 2 is 2.33 bits per heavy atom. The minimum absolute atomic E-state index is 0.0692. The lowest BCUT2D eigenvalue weighted by Crippen LogP contribution is -2.33. The number of furan rings is 1. The molecule has 4 heteroatoms. The molecular formula is C14H19NO3. The molecule has 2 aliphatic rings. The number of fused-ring (bicyclic) bond motifs is 2. The maximum Gasteiger partial charge on any atom is 0.372 e. The summed E-state index contributed by atoms with van der Waals surface area (Å²) < 4.78 is 5.35. The van der Waals surface area contributed by atoms with Crippen LogP contribution >= 0.6 is 0 Å². The average Bonchev–Trinajstić information content (AvgIpc) is 3.00. The van der Waals surface area contributed by atoms with E-state index in [1.165, 1.54) is 25.7 Å². The van der Waals surface area contributed by atoms with Crippen LogP contribution in [-0.2, 0) is 6.54 Å². The second kappa shape index (κ2) is 4.43. The van der Waals surface area contributed by atoms with Crippen LogP contribution in [-0.4, -0.2) is 17.1 Å². The standard InChI is InChI=1S/C14H19NO3/c1-8-4-11(18-13(8)14(16)17)7-15-12-6-9-2-3-10(12)5-9/h4,9-10,12,15H,2-3,5-7H2,1H3,(H,16,17). The molecular weight excluding hydrogens is 230 g/mol. The highest BCUT2D eigenvalue weighted by Gasteiger charge is 2.39. The molecule has 0 amide bonds. The van der Waals surface area contributed by atoms with Gasteiger partial charge in [-0.15, -0.1) is 0 Å². The monoisotopic (exact) mass is 249 g/mol. The molecule has 1 aromatic heterocycles. The predicted octanol–water partition coefficient (Wildman–Crippen LogP) is 2.56. The topological polar surface area (TPSA) is 62.5 Å². The minimum atomic E-state index is -0.987. The number of rotatable bonds is 4. The quantitative estimate of drug-likeness (QED) is 0.861. The van der Waals surface area contributed by atoms with Crippen molar-refractivity contribution in [3.05, 3.63) is 23.2 Å². The van der Waals surface area contributed by atoms with Gasteiger partial charge in [0.2, 0.25) is 5.76 Å². The molecule has 1 heterocycles. The maximum absolute atomic E-state index is 10.9. The van der Waals surface area contributed by atoms with E-state index in [9.17, 15) is 4.79 Å². The van der Waals surface area contributed by atoms with E-state index in [1.54, 1.807) is 6.92 Å². The van der Waals surface area contributed by atoms with Gasteiger partial charge in [-0.3, -0.25) is 0 Å². The first-order chi connectivity index (χ1) is 8.63. The van der Waals surface area contributed by atoms with Crippen molar-refractivity contribution in [3.8, 4) is 0 Å². The summed E-state index contributed by atoms with van der Waals surface area (Å²) in [5.41, 5.74) is 0.701. The van der Waals surface area contributed by atoms with Crippen molar-refractivity contribution in [2.45, 2.75) is 45.2 Å². The number of aromatic carboxylic acids is 1. The Balaban J connectivity index is 1.60. The van der Waals surface area contributed by atoms with Gasteiger partial charge >= 0.3 is 5.97 Å². The minimum Gasteiger partial charge on any atom is -0.475 e. The Labute approximate surface area is 106 Å². The van der Waals surface area contributed by atoms with Crippen molar-refractivity contribution < 1.29 is 14.3 Å². The second-order valence-electron chi connectivity index (χ2n) is 5.69. The fourth-order valence-corrected chi connectivity index (χ4v) is 3.57. The molecule has 1 aromatic rings. The zero-order chi connectivity index (χ0) is 12.7. The lowest BCUT2D eigenvalue weighted by Gasteiger charge is -2.22. The number of carboxylic acid groups (broad SMARTS) is 1. The largest absolute Gasteiger partial charge is 0.475 e. The molecule has 2 N–H and O–H groups in total. The Kier molecular flexibility index (Phi) is 2.90. The molecule has 2 fully saturated rings. The van der Waals surface area contributed by atoms with Gasteiger partial charge in [-0.25, -0.2) is 4.79 Å². The van der Waals surface area contributed by atoms with Crippen molar-refractivity contribution in [3.63, 3.8) is 0 Å². The SMILES string of the molecule is Cc1cc(CNC2CC3CCC2C3)oc1C(=O)O. The first kappa shape index (κ1) is 11.8. The summed E-state index contributed by atoms with van der Waals surface area (Å²) in [5.74, 6) is 1.55. The summed E-state index contributed by atoms with van der Waals surface area (Å²) in [7, 11) is 0. The predicted molar refractivity (Wildman–Crippen MR) is 66.5 cm³/mol. The molecule has 2 saturated carbocycles. The Hall–Kier alpha value is -1.29. The molecule has 3 atom stereocenters. The first-order valence-electron chi connectivity index (χ1n) is 6.69. The molecule has 4 nitrogen and oxygen atoms in total. The Bertz CT molecular complexity index is 466. The summed E-state index contributed by atoms with van der Waals surface area (Å²) in [6.07, 6.45) is 5.39. The van der Waals surface area contributed by atoms with Crippen LogP contribution in [0.5, 0.6) is 0 Å². The highest BCUT2D eigenvalue weighted by Crippen LogP contribution is 2.44. The average molecular weight is 249 g/mol. The lowest BCUT2D eigenvalue weighted by atomic mass is 9.95. The normalized spacial score (nSPS) is 29.9. The van der Waals surface area contributed by atoms with Gasteiger partial charge in [0.25, 0.3) is 0 Å². The lowest BCUT2D eigenvalue weighted by molar-refractivity contribution is 0.0659. The van der Waals surface area contributed by atoms with Crippen molar-refractivity contribution in [1.29, 1.82) is 0 Å². The van der Waals surface area contributed by atoms with Gasteiger partial charge in [-0.2, -0.15) is 0 Å². The zero-order valence-electron chi connectivity index (χ0n) is 10.6. The molecule has 3 unspecified atom stereocenters. The summed E-state index contributed by atoms with van der Waals surface area (Å²) in [6, 6.07) is 2.42. The van der Waals surface area contributed by atoms with Gasteiger partial charge in [0.1, 0.15) is 5.76 Å². The summed E-state index contributed by atoms with van der Waals surface area (Å²) in [6.45, 7) is 2.41. The molecule has 2 aliphatic carbocycles. The van der Waals surface area contributed by atoms with Crippen molar-refractivity contribution >= 4 is 5.97 Å². The number of hydrogen-bond donors (Lipinski definition) is 2. The number of carboxylic acids is 1. The van der Waals surface area contributed by atoms with Crippen molar-refractivity contribution in [2.75, 3.05) is 0 Å².